The Morgan fingerprint density at radius 3 is 2.79 bits per heavy atom. The van der Waals surface area contributed by atoms with Gasteiger partial charge in [0.2, 0.25) is 0 Å². The molecule has 5 rings (SSSR count). The lowest BCUT2D eigenvalue weighted by atomic mass is 10.1. The molecule has 1 unspecified atom stereocenters. The number of H-pyrrole nitrogens is 1. The number of carbonyl (C=O) groups is 1. The minimum atomic E-state index is -0.428. The van der Waals surface area contributed by atoms with Crippen LogP contribution in [0.5, 0.6) is 0 Å². The number of benzene rings is 2. The average Bonchev–Trinajstić information content (AvgIpc) is 3.24. The number of nitrogens with zero attached hydrogens (tertiary/aromatic N) is 3. The molecule has 8 heteroatoms. The van der Waals surface area contributed by atoms with E-state index in [9.17, 15) is 14.9 Å². The normalized spacial score (nSPS) is 18.9. The molecular weight excluding hydrogens is 370 g/mol. The maximum Gasteiger partial charge on any atom is 0.293 e. The van der Waals surface area contributed by atoms with Gasteiger partial charge in [-0.2, -0.15) is 0 Å². The minimum absolute atomic E-state index is 0.0535. The molecule has 1 aliphatic carbocycles. The summed E-state index contributed by atoms with van der Waals surface area (Å²) >= 11 is 0. The minimum Gasteiger partial charge on any atom is -0.377 e. The van der Waals surface area contributed by atoms with E-state index in [1.807, 2.05) is 24.3 Å². The van der Waals surface area contributed by atoms with Crippen LogP contribution < -0.4 is 5.32 Å². The van der Waals surface area contributed by atoms with Crippen molar-refractivity contribution in [1.82, 2.24) is 14.9 Å². The largest absolute Gasteiger partial charge is 0.377 e. The van der Waals surface area contributed by atoms with Gasteiger partial charge < -0.3 is 15.2 Å². The van der Waals surface area contributed by atoms with Crippen LogP contribution in [0.15, 0.2) is 42.5 Å². The van der Waals surface area contributed by atoms with Gasteiger partial charge in [-0.3, -0.25) is 14.9 Å². The average molecular weight is 391 g/mol. The van der Waals surface area contributed by atoms with Crippen LogP contribution in [-0.4, -0.2) is 38.3 Å². The van der Waals surface area contributed by atoms with Crippen LogP contribution in [0.2, 0.25) is 0 Å². The van der Waals surface area contributed by atoms with Crippen molar-refractivity contribution in [3.05, 3.63) is 64.0 Å². The Balaban J connectivity index is 1.44. The molecule has 1 saturated carbocycles. The molecular formula is C21H21N5O3. The van der Waals surface area contributed by atoms with Gasteiger partial charge in [0.1, 0.15) is 11.5 Å². The fourth-order valence-corrected chi connectivity index (χ4v) is 3.98. The number of hydrogen-bond acceptors (Lipinski definition) is 5. The number of hydrogen-bond donors (Lipinski definition) is 2. The molecule has 1 amide bonds. The number of imidazole rings is 1. The molecule has 0 bridgehead atoms. The Hall–Kier alpha value is -3.42. The molecule has 0 radical (unpaired) electrons. The topological polar surface area (TPSA) is 104 Å². The molecule has 1 atom stereocenters. The first kappa shape index (κ1) is 17.7. The quantitative estimate of drug-likeness (QED) is 0.505. The highest BCUT2D eigenvalue weighted by molar-refractivity contribution is 5.96. The Morgan fingerprint density at radius 2 is 2.03 bits per heavy atom. The van der Waals surface area contributed by atoms with Crippen LogP contribution in [0.3, 0.4) is 0 Å². The van der Waals surface area contributed by atoms with Crippen molar-refractivity contribution in [2.45, 2.75) is 37.8 Å². The molecule has 2 fully saturated rings. The van der Waals surface area contributed by atoms with Gasteiger partial charge in [-0.25, -0.2) is 4.98 Å². The number of aromatic amines is 1. The Kier molecular flexibility index (Phi) is 4.19. The summed E-state index contributed by atoms with van der Waals surface area (Å²) in [6.45, 7) is 0.608. The second kappa shape index (κ2) is 6.88. The molecule has 29 heavy (non-hydrogen) atoms. The van der Waals surface area contributed by atoms with E-state index in [2.05, 4.69) is 15.3 Å². The second-order valence-corrected chi connectivity index (χ2v) is 7.70. The number of nitro benzene ring substituents is 1. The SMILES string of the molecule is O=C(c1ccc(NC2CC2)c([N+](=O)[O-])c1)N1CCCC1c1nc2ccccc2[nH]1. The first-order valence-corrected chi connectivity index (χ1v) is 9.91. The Bertz CT molecular complexity index is 1070. The molecule has 1 aromatic heterocycles. The molecule has 2 N–H and O–H groups in total. The van der Waals surface area contributed by atoms with Gasteiger partial charge in [-0.05, 0) is 49.9 Å². The van der Waals surface area contributed by atoms with Crippen LogP contribution in [0, 0.1) is 10.1 Å². The molecule has 8 nitrogen and oxygen atoms in total. The monoisotopic (exact) mass is 391 g/mol. The Labute approximate surface area is 167 Å². The zero-order chi connectivity index (χ0) is 20.0. The van der Waals surface area contributed by atoms with Gasteiger partial charge in [0, 0.05) is 24.2 Å². The van der Waals surface area contributed by atoms with Crippen molar-refractivity contribution in [1.29, 1.82) is 0 Å². The van der Waals surface area contributed by atoms with Crippen molar-refractivity contribution >= 4 is 28.3 Å². The summed E-state index contributed by atoms with van der Waals surface area (Å²) in [5, 5.41) is 14.7. The van der Waals surface area contributed by atoms with Crippen molar-refractivity contribution in [2.75, 3.05) is 11.9 Å². The highest BCUT2D eigenvalue weighted by Crippen LogP contribution is 2.35. The number of rotatable bonds is 5. The highest BCUT2D eigenvalue weighted by atomic mass is 16.6. The number of nitrogens with one attached hydrogen (secondary N) is 2. The lowest BCUT2D eigenvalue weighted by Crippen LogP contribution is -2.31. The van der Waals surface area contributed by atoms with E-state index in [1.54, 1.807) is 17.0 Å². The molecule has 1 saturated heterocycles. The van der Waals surface area contributed by atoms with Crippen LogP contribution in [-0.2, 0) is 0 Å². The zero-order valence-electron chi connectivity index (χ0n) is 15.8. The number of nitro groups is 1. The Morgan fingerprint density at radius 1 is 1.21 bits per heavy atom. The molecule has 148 valence electrons. The number of amides is 1. The van der Waals surface area contributed by atoms with E-state index in [1.165, 1.54) is 6.07 Å². The maximum absolute atomic E-state index is 13.2. The van der Waals surface area contributed by atoms with Crippen molar-refractivity contribution < 1.29 is 9.72 Å². The number of likely N-dealkylation sites (tertiary alicyclic amines) is 1. The predicted molar refractivity (Wildman–Crippen MR) is 109 cm³/mol. The summed E-state index contributed by atoms with van der Waals surface area (Å²) in [4.78, 5) is 34.0. The number of anilines is 1. The van der Waals surface area contributed by atoms with Gasteiger partial charge in [0.25, 0.3) is 11.6 Å². The van der Waals surface area contributed by atoms with E-state index in [0.29, 0.717) is 23.8 Å². The van der Waals surface area contributed by atoms with E-state index >= 15 is 0 Å². The summed E-state index contributed by atoms with van der Waals surface area (Å²) in [6, 6.07) is 12.6. The third-order valence-corrected chi connectivity index (χ3v) is 5.62. The summed E-state index contributed by atoms with van der Waals surface area (Å²) in [6.07, 6.45) is 3.72. The van der Waals surface area contributed by atoms with E-state index in [-0.39, 0.29) is 17.6 Å². The third-order valence-electron chi connectivity index (χ3n) is 5.62. The molecule has 3 aromatic rings. The molecule has 1 aliphatic heterocycles. The standard InChI is InChI=1S/C21H21N5O3/c27-21(13-7-10-17(22-14-8-9-14)19(12-13)26(28)29)25-11-3-6-18(25)20-23-15-4-1-2-5-16(15)24-20/h1-2,4-5,7,10,12,14,18,22H,3,6,8-9,11H2,(H,23,24). The van der Waals surface area contributed by atoms with Gasteiger partial charge in [0.05, 0.1) is 22.0 Å². The van der Waals surface area contributed by atoms with E-state index < -0.39 is 4.92 Å². The van der Waals surface area contributed by atoms with Crippen molar-refractivity contribution in [2.24, 2.45) is 0 Å². The second-order valence-electron chi connectivity index (χ2n) is 7.70. The van der Waals surface area contributed by atoms with E-state index in [4.69, 9.17) is 0 Å². The lowest BCUT2D eigenvalue weighted by molar-refractivity contribution is -0.384. The fourth-order valence-electron chi connectivity index (χ4n) is 3.98. The lowest BCUT2D eigenvalue weighted by Gasteiger charge is -2.23. The molecule has 2 aliphatic rings. The molecule has 2 aromatic carbocycles. The third kappa shape index (κ3) is 3.30. The van der Waals surface area contributed by atoms with E-state index in [0.717, 1.165) is 42.5 Å². The molecule has 2 heterocycles. The first-order valence-electron chi connectivity index (χ1n) is 9.91. The van der Waals surface area contributed by atoms with Gasteiger partial charge >= 0.3 is 0 Å². The van der Waals surface area contributed by atoms with Crippen molar-refractivity contribution in [3.63, 3.8) is 0 Å². The maximum atomic E-state index is 13.2. The highest BCUT2D eigenvalue weighted by Gasteiger charge is 2.34. The van der Waals surface area contributed by atoms with Gasteiger partial charge in [-0.1, -0.05) is 12.1 Å². The number of carbonyl (C=O) groups excluding carboxylic acids is 1. The van der Waals surface area contributed by atoms with Gasteiger partial charge in [-0.15, -0.1) is 0 Å². The zero-order valence-corrected chi connectivity index (χ0v) is 15.8. The number of para-hydroxylation sites is 2. The summed E-state index contributed by atoms with van der Waals surface area (Å²) in [7, 11) is 0. The first-order chi connectivity index (χ1) is 14.1. The summed E-state index contributed by atoms with van der Waals surface area (Å²) in [5.41, 5.74) is 2.56. The van der Waals surface area contributed by atoms with Crippen LogP contribution in [0.25, 0.3) is 11.0 Å². The number of aromatic nitrogens is 2. The number of fused-ring (bicyclic) bond motifs is 1. The fraction of sp³-hybridized carbons (Fsp3) is 0.333. The summed E-state index contributed by atoms with van der Waals surface area (Å²) < 4.78 is 0. The van der Waals surface area contributed by atoms with Crippen LogP contribution >= 0.6 is 0 Å². The summed E-state index contributed by atoms with van der Waals surface area (Å²) in [5.74, 6) is 0.563. The van der Waals surface area contributed by atoms with Crippen LogP contribution in [0.4, 0.5) is 11.4 Å². The van der Waals surface area contributed by atoms with Gasteiger partial charge in [0.15, 0.2) is 0 Å². The van der Waals surface area contributed by atoms with Crippen molar-refractivity contribution in [3.8, 4) is 0 Å². The van der Waals surface area contributed by atoms with Crippen LogP contribution in [0.1, 0.15) is 47.9 Å². The molecule has 0 spiro atoms. The predicted octanol–water partition coefficient (Wildman–Crippen LogP) is 4.02. The smallest absolute Gasteiger partial charge is 0.293 e.